The first-order valence-electron chi connectivity index (χ1n) is 6.15. The van der Waals surface area contributed by atoms with Crippen LogP contribution in [0.25, 0.3) is 4.72 Å². The Labute approximate surface area is 127 Å². The van der Waals surface area contributed by atoms with Crippen LogP contribution in [-0.2, 0) is 16.6 Å². The Morgan fingerprint density at radius 2 is 1.95 bits per heavy atom. The number of sulfonamides is 1. The Morgan fingerprint density at radius 1 is 1.24 bits per heavy atom. The van der Waals surface area contributed by atoms with Gasteiger partial charge in [0.1, 0.15) is 15.8 Å². The van der Waals surface area contributed by atoms with Gasteiger partial charge >= 0.3 is 0 Å². The lowest BCUT2D eigenvalue weighted by atomic mass is 10.2. The number of quaternary nitrogens is 1. The minimum absolute atomic E-state index is 0.196. The SMILES string of the molecule is Cc1ccc(Cl)cc1[N-]S(=O)(=O)c1cc(C[NH3+])ccc1F. The monoisotopic (exact) mass is 328 g/mol. The van der Waals surface area contributed by atoms with Crippen LogP contribution in [0.4, 0.5) is 10.1 Å². The maximum Gasteiger partial charge on any atom is 0.140 e. The maximum atomic E-state index is 13.8. The number of aryl methyl sites for hydroxylation is 1. The summed E-state index contributed by atoms with van der Waals surface area (Å²) in [5.41, 5.74) is 5.10. The van der Waals surface area contributed by atoms with Gasteiger partial charge in [-0.2, -0.15) is 0 Å². The third-order valence-electron chi connectivity index (χ3n) is 2.95. The quantitative estimate of drug-likeness (QED) is 0.936. The predicted octanol–water partition coefficient (Wildman–Crippen LogP) is 2.92. The number of rotatable bonds is 4. The molecule has 0 amide bonds. The lowest BCUT2D eigenvalue weighted by molar-refractivity contribution is -0.386. The molecule has 0 aromatic heterocycles. The van der Waals surface area contributed by atoms with E-state index in [4.69, 9.17) is 11.6 Å². The Morgan fingerprint density at radius 3 is 2.62 bits per heavy atom. The third kappa shape index (κ3) is 3.53. The van der Waals surface area contributed by atoms with E-state index in [0.717, 1.165) is 6.07 Å². The summed E-state index contributed by atoms with van der Waals surface area (Å²) in [5, 5.41) is 0.363. The van der Waals surface area contributed by atoms with Crippen LogP contribution in [0.2, 0.25) is 5.02 Å². The van der Waals surface area contributed by atoms with Crippen molar-refractivity contribution in [2.45, 2.75) is 18.4 Å². The fourth-order valence-electron chi connectivity index (χ4n) is 1.76. The second-order valence-electron chi connectivity index (χ2n) is 4.51. The molecule has 0 heterocycles. The Hall–Kier alpha value is -1.63. The van der Waals surface area contributed by atoms with Crippen molar-refractivity contribution in [3.05, 3.63) is 63.1 Å². The molecule has 0 saturated carbocycles. The summed E-state index contributed by atoms with van der Waals surface area (Å²) in [6.07, 6.45) is 0. The Kier molecular flexibility index (Phi) is 4.51. The molecule has 2 aromatic rings. The highest BCUT2D eigenvalue weighted by Gasteiger charge is 2.13. The molecule has 0 aliphatic heterocycles. The third-order valence-corrected chi connectivity index (χ3v) is 4.49. The minimum Gasteiger partial charge on any atom is -0.572 e. The van der Waals surface area contributed by atoms with Crippen LogP contribution in [0.1, 0.15) is 11.1 Å². The van der Waals surface area contributed by atoms with Crippen molar-refractivity contribution in [2.24, 2.45) is 0 Å². The van der Waals surface area contributed by atoms with Crippen LogP contribution < -0.4 is 5.73 Å². The average Bonchev–Trinajstić information content (AvgIpc) is 2.43. The molecule has 0 saturated heterocycles. The number of halogens is 2. The van der Waals surface area contributed by atoms with Crippen LogP contribution in [0.15, 0.2) is 41.3 Å². The molecule has 3 N–H and O–H groups in total. The molecule has 0 spiro atoms. The molecule has 0 aliphatic carbocycles. The van der Waals surface area contributed by atoms with Gasteiger partial charge in [-0.25, -0.2) is 12.8 Å². The van der Waals surface area contributed by atoms with Crippen molar-refractivity contribution in [3.8, 4) is 0 Å². The van der Waals surface area contributed by atoms with Crippen molar-refractivity contribution < 1.29 is 18.5 Å². The molecule has 0 aliphatic rings. The molecule has 2 aromatic carbocycles. The second kappa shape index (κ2) is 6.01. The molecular weight excluding hydrogens is 315 g/mol. The Balaban J connectivity index is 2.45. The predicted molar refractivity (Wildman–Crippen MR) is 79.4 cm³/mol. The van der Waals surface area contributed by atoms with Crippen LogP contribution >= 0.6 is 11.6 Å². The lowest BCUT2D eigenvalue weighted by Gasteiger charge is -2.24. The van der Waals surface area contributed by atoms with Crippen molar-refractivity contribution in [1.29, 1.82) is 0 Å². The van der Waals surface area contributed by atoms with Crippen LogP contribution in [-0.4, -0.2) is 8.42 Å². The number of benzene rings is 2. The largest absolute Gasteiger partial charge is 0.572 e. The van der Waals surface area contributed by atoms with Gasteiger partial charge in [-0.05, 0) is 25.1 Å². The van der Waals surface area contributed by atoms with Gasteiger partial charge < -0.3 is 10.5 Å². The van der Waals surface area contributed by atoms with Crippen LogP contribution in [0, 0.1) is 12.7 Å². The van der Waals surface area contributed by atoms with Gasteiger partial charge in [0.15, 0.2) is 0 Å². The summed E-state index contributed by atoms with van der Waals surface area (Å²) in [4.78, 5) is -0.456. The first kappa shape index (κ1) is 15.8. The van der Waals surface area contributed by atoms with Crippen LogP contribution in [0.3, 0.4) is 0 Å². The van der Waals surface area contributed by atoms with Gasteiger partial charge in [-0.15, -0.1) is 5.69 Å². The zero-order chi connectivity index (χ0) is 15.6. The van der Waals surface area contributed by atoms with E-state index in [0.29, 0.717) is 22.7 Å². The number of hydrogen-bond donors (Lipinski definition) is 1. The smallest absolute Gasteiger partial charge is 0.140 e. The molecule has 2 rings (SSSR count). The fraction of sp³-hybridized carbons (Fsp3) is 0.143. The van der Waals surface area contributed by atoms with Crippen molar-refractivity contribution >= 4 is 27.3 Å². The summed E-state index contributed by atoms with van der Waals surface area (Å²) in [6, 6.07) is 8.56. The molecule has 0 atom stereocenters. The van der Waals surface area contributed by atoms with E-state index in [2.05, 4.69) is 10.5 Å². The highest BCUT2D eigenvalue weighted by Crippen LogP contribution is 2.33. The van der Waals surface area contributed by atoms with E-state index < -0.39 is 20.7 Å². The van der Waals surface area contributed by atoms with Gasteiger partial charge in [-0.3, -0.25) is 0 Å². The van der Waals surface area contributed by atoms with Gasteiger partial charge in [0, 0.05) is 10.6 Å². The number of hydrogen-bond acceptors (Lipinski definition) is 2. The fourth-order valence-corrected chi connectivity index (χ4v) is 3.10. The van der Waals surface area contributed by atoms with E-state index in [9.17, 15) is 12.8 Å². The molecule has 4 nitrogen and oxygen atoms in total. The first-order valence-corrected chi connectivity index (χ1v) is 7.97. The summed E-state index contributed by atoms with van der Waals surface area (Å²) >= 11 is 5.83. The van der Waals surface area contributed by atoms with E-state index in [1.165, 1.54) is 18.2 Å². The summed E-state index contributed by atoms with van der Waals surface area (Å²) in [5.74, 6) is -0.837. The van der Waals surface area contributed by atoms with E-state index in [1.54, 1.807) is 19.1 Å². The van der Waals surface area contributed by atoms with Crippen LogP contribution in [0.5, 0.6) is 0 Å². The highest BCUT2D eigenvalue weighted by atomic mass is 35.5. The standard InChI is InChI=1S/C14H13ClFN2O2S/c1-9-2-4-11(15)7-13(9)18-21(19,20)14-6-10(8-17)3-5-12(14)16/h2-7H,8,17H2,1H3/q-1/p+1. The first-order chi connectivity index (χ1) is 9.83. The molecule has 0 unspecified atom stereocenters. The summed E-state index contributed by atoms with van der Waals surface area (Å²) in [6.45, 7) is 2.06. The molecule has 7 heteroatoms. The summed E-state index contributed by atoms with van der Waals surface area (Å²) in [7, 11) is -4.15. The molecule has 112 valence electrons. The van der Waals surface area contributed by atoms with Gasteiger partial charge in [0.2, 0.25) is 0 Å². The minimum atomic E-state index is -4.15. The van der Waals surface area contributed by atoms with Gasteiger partial charge in [0.25, 0.3) is 0 Å². The van der Waals surface area contributed by atoms with E-state index in [-0.39, 0.29) is 5.69 Å². The lowest BCUT2D eigenvalue weighted by Crippen LogP contribution is -2.47. The highest BCUT2D eigenvalue weighted by molar-refractivity contribution is 7.94. The maximum absolute atomic E-state index is 13.8. The summed E-state index contributed by atoms with van der Waals surface area (Å²) < 4.78 is 42.1. The molecule has 21 heavy (non-hydrogen) atoms. The second-order valence-corrected chi connectivity index (χ2v) is 6.52. The molecule has 0 fully saturated rings. The zero-order valence-corrected chi connectivity index (χ0v) is 12.9. The molecule has 0 radical (unpaired) electrons. The van der Waals surface area contributed by atoms with Gasteiger partial charge in [-0.1, -0.05) is 35.4 Å². The van der Waals surface area contributed by atoms with E-state index >= 15 is 0 Å². The Bertz CT molecular complexity index is 779. The zero-order valence-electron chi connectivity index (χ0n) is 11.3. The van der Waals surface area contributed by atoms with Gasteiger partial charge in [0.05, 0.1) is 11.4 Å². The van der Waals surface area contributed by atoms with Crippen molar-refractivity contribution in [3.63, 3.8) is 0 Å². The van der Waals surface area contributed by atoms with Crippen molar-refractivity contribution in [2.75, 3.05) is 0 Å². The normalized spacial score (nSPS) is 11.4. The van der Waals surface area contributed by atoms with Crippen molar-refractivity contribution in [1.82, 2.24) is 0 Å². The van der Waals surface area contributed by atoms with E-state index in [1.807, 2.05) is 0 Å². The average molecular weight is 329 g/mol. The topological polar surface area (TPSA) is 75.9 Å². The molecule has 0 bridgehead atoms. The molecular formula is C14H14ClFN2O2S. The number of nitrogens with zero attached hydrogens (tertiary/aromatic N) is 1.